The van der Waals surface area contributed by atoms with Crippen LogP contribution in [-0.2, 0) is 14.3 Å². The third kappa shape index (κ3) is 5.83. The predicted octanol–water partition coefficient (Wildman–Crippen LogP) is 4.21. The molecule has 176 valence electrons. The quantitative estimate of drug-likeness (QED) is 0.561. The lowest BCUT2D eigenvalue weighted by Crippen LogP contribution is -2.35. The monoisotopic (exact) mass is 464 g/mol. The fourth-order valence-electron chi connectivity index (χ4n) is 3.26. The molecule has 2 aromatic rings. The standard InChI is InChI=1S/C23H23F3N2O5/c1-14(2)32-13-12-28-21(29)19(17-6-4-5-7-18(17)31-3)20(22(28)30)27-15-8-10-16(11-9-15)33-23(24,25)26/h4-11,14,27H,12-13H2,1-3H3. The summed E-state index contributed by atoms with van der Waals surface area (Å²) in [5.41, 5.74) is 0.787. The average molecular weight is 464 g/mol. The topological polar surface area (TPSA) is 77.1 Å². The van der Waals surface area contributed by atoms with Crippen molar-refractivity contribution in [3.63, 3.8) is 0 Å². The average Bonchev–Trinajstić information content (AvgIpc) is 2.98. The van der Waals surface area contributed by atoms with E-state index in [1.165, 1.54) is 19.2 Å². The highest BCUT2D eigenvalue weighted by Gasteiger charge is 2.40. The van der Waals surface area contributed by atoms with Crippen LogP contribution in [0, 0.1) is 0 Å². The van der Waals surface area contributed by atoms with E-state index < -0.39 is 23.9 Å². The number of nitrogens with zero attached hydrogens (tertiary/aromatic N) is 1. The van der Waals surface area contributed by atoms with Gasteiger partial charge in [0.1, 0.15) is 17.2 Å². The van der Waals surface area contributed by atoms with E-state index >= 15 is 0 Å². The molecular formula is C23H23F3N2O5. The molecule has 1 aliphatic heterocycles. The highest BCUT2D eigenvalue weighted by Crippen LogP contribution is 2.35. The number of hydrogen-bond donors (Lipinski definition) is 1. The molecule has 10 heteroatoms. The molecule has 0 atom stereocenters. The van der Waals surface area contributed by atoms with Crippen LogP contribution in [0.3, 0.4) is 0 Å². The number of methoxy groups -OCH3 is 1. The molecule has 7 nitrogen and oxygen atoms in total. The molecule has 0 radical (unpaired) electrons. The summed E-state index contributed by atoms with van der Waals surface area (Å²) in [6.07, 6.45) is -4.89. The second-order valence-corrected chi connectivity index (χ2v) is 7.33. The van der Waals surface area contributed by atoms with E-state index in [9.17, 15) is 22.8 Å². The SMILES string of the molecule is COc1ccccc1C1=C(Nc2ccc(OC(F)(F)F)cc2)C(=O)N(CCOC(C)C)C1=O. The van der Waals surface area contributed by atoms with E-state index in [-0.39, 0.29) is 30.5 Å². The second kappa shape index (κ2) is 9.95. The highest BCUT2D eigenvalue weighted by molar-refractivity contribution is 6.37. The van der Waals surface area contributed by atoms with Crippen molar-refractivity contribution in [2.45, 2.75) is 26.3 Å². The fraction of sp³-hybridized carbons (Fsp3) is 0.304. The van der Waals surface area contributed by atoms with E-state index in [1.54, 1.807) is 24.3 Å². The Morgan fingerprint density at radius 1 is 1.00 bits per heavy atom. The van der Waals surface area contributed by atoms with Crippen LogP contribution < -0.4 is 14.8 Å². The van der Waals surface area contributed by atoms with Crippen molar-refractivity contribution in [3.8, 4) is 11.5 Å². The summed E-state index contributed by atoms with van der Waals surface area (Å²) in [7, 11) is 1.45. The van der Waals surface area contributed by atoms with Gasteiger partial charge in [-0.1, -0.05) is 18.2 Å². The largest absolute Gasteiger partial charge is 0.573 e. The molecule has 0 bridgehead atoms. The summed E-state index contributed by atoms with van der Waals surface area (Å²) in [5.74, 6) is -1.13. The molecule has 33 heavy (non-hydrogen) atoms. The van der Waals surface area contributed by atoms with Crippen molar-refractivity contribution in [1.29, 1.82) is 0 Å². The van der Waals surface area contributed by atoms with Crippen LogP contribution >= 0.6 is 0 Å². The van der Waals surface area contributed by atoms with E-state index in [2.05, 4.69) is 10.1 Å². The van der Waals surface area contributed by atoms with Gasteiger partial charge in [-0.05, 0) is 44.2 Å². The molecule has 0 saturated carbocycles. The Labute approximate surface area is 188 Å². The Morgan fingerprint density at radius 3 is 2.27 bits per heavy atom. The van der Waals surface area contributed by atoms with E-state index in [0.717, 1.165) is 17.0 Å². The van der Waals surface area contributed by atoms with Gasteiger partial charge in [0.05, 0.1) is 31.9 Å². The van der Waals surface area contributed by atoms with Gasteiger partial charge in [0.2, 0.25) is 0 Å². The maximum atomic E-state index is 13.2. The normalized spacial score (nSPS) is 14.3. The molecule has 0 unspecified atom stereocenters. The third-order valence-electron chi connectivity index (χ3n) is 4.67. The van der Waals surface area contributed by atoms with E-state index in [1.807, 2.05) is 13.8 Å². The molecule has 0 aliphatic carbocycles. The molecule has 0 fully saturated rings. The molecule has 2 aromatic carbocycles. The molecule has 0 saturated heterocycles. The van der Waals surface area contributed by atoms with Crippen molar-refractivity contribution in [2.24, 2.45) is 0 Å². The molecular weight excluding hydrogens is 441 g/mol. The first-order valence-corrected chi connectivity index (χ1v) is 10.1. The second-order valence-electron chi connectivity index (χ2n) is 7.33. The number of nitrogens with one attached hydrogen (secondary N) is 1. The molecule has 1 N–H and O–H groups in total. The summed E-state index contributed by atoms with van der Waals surface area (Å²) in [4.78, 5) is 27.4. The van der Waals surface area contributed by atoms with E-state index in [4.69, 9.17) is 9.47 Å². The van der Waals surface area contributed by atoms with Crippen LogP contribution in [0.2, 0.25) is 0 Å². The summed E-state index contributed by atoms with van der Waals surface area (Å²) in [6.45, 7) is 3.87. The number of rotatable bonds is 9. The number of imide groups is 1. The van der Waals surface area contributed by atoms with Crippen LogP contribution in [0.4, 0.5) is 18.9 Å². The van der Waals surface area contributed by atoms with Gasteiger partial charge in [0.15, 0.2) is 0 Å². The Bertz CT molecular complexity index is 1050. The van der Waals surface area contributed by atoms with Crippen LogP contribution in [0.25, 0.3) is 5.57 Å². The Morgan fingerprint density at radius 2 is 1.67 bits per heavy atom. The maximum Gasteiger partial charge on any atom is 0.573 e. The molecule has 2 amide bonds. The first kappa shape index (κ1) is 24.1. The minimum Gasteiger partial charge on any atom is -0.496 e. The Hall–Kier alpha value is -3.53. The van der Waals surface area contributed by atoms with Gasteiger partial charge >= 0.3 is 6.36 Å². The lowest BCUT2D eigenvalue weighted by atomic mass is 10.0. The number of halogens is 3. The zero-order valence-corrected chi connectivity index (χ0v) is 18.2. The molecule has 3 rings (SSSR count). The summed E-state index contributed by atoms with van der Waals surface area (Å²) >= 11 is 0. The smallest absolute Gasteiger partial charge is 0.496 e. The number of ether oxygens (including phenoxy) is 3. The molecule has 1 aliphatic rings. The maximum absolute atomic E-state index is 13.2. The summed E-state index contributed by atoms with van der Waals surface area (Å²) in [5, 5.41) is 2.87. The first-order chi connectivity index (χ1) is 15.6. The van der Waals surface area contributed by atoms with Gasteiger partial charge in [-0.15, -0.1) is 13.2 Å². The zero-order chi connectivity index (χ0) is 24.2. The van der Waals surface area contributed by atoms with Gasteiger partial charge in [-0.2, -0.15) is 0 Å². The number of benzene rings is 2. The number of amides is 2. The lowest BCUT2D eigenvalue weighted by Gasteiger charge is -2.16. The number of carbonyl (C=O) groups is 2. The van der Waals surface area contributed by atoms with Crippen molar-refractivity contribution < 1.29 is 37.0 Å². The first-order valence-electron chi connectivity index (χ1n) is 10.1. The highest BCUT2D eigenvalue weighted by atomic mass is 19.4. The number of alkyl halides is 3. The van der Waals surface area contributed by atoms with Crippen LogP contribution in [0.5, 0.6) is 11.5 Å². The number of anilines is 1. The van der Waals surface area contributed by atoms with Gasteiger partial charge in [-0.3, -0.25) is 14.5 Å². The predicted molar refractivity (Wildman–Crippen MR) is 114 cm³/mol. The van der Waals surface area contributed by atoms with Crippen LogP contribution in [0.15, 0.2) is 54.2 Å². The minimum absolute atomic E-state index is 0.0152. The van der Waals surface area contributed by atoms with E-state index in [0.29, 0.717) is 17.0 Å². The Balaban J connectivity index is 1.95. The summed E-state index contributed by atoms with van der Waals surface area (Å²) in [6, 6.07) is 11.6. The minimum atomic E-state index is -4.82. The van der Waals surface area contributed by atoms with Gasteiger partial charge in [-0.25, -0.2) is 0 Å². The van der Waals surface area contributed by atoms with Crippen molar-refractivity contribution in [3.05, 3.63) is 59.8 Å². The van der Waals surface area contributed by atoms with Crippen molar-refractivity contribution in [2.75, 3.05) is 25.6 Å². The number of hydrogen-bond acceptors (Lipinski definition) is 6. The van der Waals surface area contributed by atoms with Crippen LogP contribution in [0.1, 0.15) is 19.4 Å². The zero-order valence-electron chi connectivity index (χ0n) is 18.2. The van der Waals surface area contributed by atoms with Crippen molar-refractivity contribution >= 4 is 23.1 Å². The van der Waals surface area contributed by atoms with Gasteiger partial charge in [0, 0.05) is 11.3 Å². The number of carbonyl (C=O) groups excluding carboxylic acids is 2. The van der Waals surface area contributed by atoms with Crippen LogP contribution in [-0.4, -0.2) is 49.4 Å². The van der Waals surface area contributed by atoms with Gasteiger partial charge < -0.3 is 19.5 Å². The summed E-state index contributed by atoms with van der Waals surface area (Å²) < 4.78 is 51.9. The van der Waals surface area contributed by atoms with Crippen molar-refractivity contribution in [1.82, 2.24) is 4.90 Å². The Kier molecular flexibility index (Phi) is 7.27. The number of para-hydroxylation sites is 1. The molecule has 0 spiro atoms. The molecule has 1 heterocycles. The van der Waals surface area contributed by atoms with Gasteiger partial charge in [0.25, 0.3) is 11.8 Å². The lowest BCUT2D eigenvalue weighted by molar-refractivity contribution is -0.274. The third-order valence-corrected chi connectivity index (χ3v) is 4.67. The fourth-order valence-corrected chi connectivity index (χ4v) is 3.26. The molecule has 0 aromatic heterocycles.